The second-order valence-electron chi connectivity index (χ2n) is 3.46. The molecule has 0 radical (unpaired) electrons. The summed E-state index contributed by atoms with van der Waals surface area (Å²) in [4.78, 5) is 0.523. The van der Waals surface area contributed by atoms with Gasteiger partial charge < -0.3 is 5.11 Å². The highest BCUT2D eigenvalue weighted by Gasteiger charge is 2.20. The Morgan fingerprint density at radius 1 is 1.00 bits per heavy atom. The predicted octanol–water partition coefficient (Wildman–Crippen LogP) is 5.40. The third-order valence-corrected chi connectivity index (χ3v) is 6.18. The zero-order valence-electron chi connectivity index (χ0n) is 8.55. The van der Waals surface area contributed by atoms with E-state index in [1.807, 2.05) is 0 Å². The maximum absolute atomic E-state index is 13.7. The highest BCUT2D eigenvalue weighted by molar-refractivity contribution is 9.13. The first kappa shape index (κ1) is 14.6. The predicted molar refractivity (Wildman–Crippen MR) is 77.8 cm³/mol. The van der Waals surface area contributed by atoms with Gasteiger partial charge in [0.1, 0.15) is 17.7 Å². The van der Waals surface area contributed by atoms with E-state index in [0.29, 0.717) is 4.88 Å². The molecular formula is C11H5Br3F2OS. The van der Waals surface area contributed by atoms with Crippen LogP contribution in [0.2, 0.25) is 0 Å². The molecule has 0 saturated carbocycles. The van der Waals surface area contributed by atoms with Crippen molar-refractivity contribution < 1.29 is 13.9 Å². The maximum Gasteiger partial charge on any atom is 0.137 e. The van der Waals surface area contributed by atoms with Crippen molar-refractivity contribution >= 4 is 59.1 Å². The second kappa shape index (κ2) is 5.66. The van der Waals surface area contributed by atoms with E-state index in [-0.39, 0.29) is 10.0 Å². The lowest BCUT2D eigenvalue weighted by Crippen LogP contribution is -2.02. The lowest BCUT2D eigenvalue weighted by molar-refractivity contribution is 0.218. The fraction of sp³-hybridized carbons (Fsp3) is 0.0909. The summed E-state index contributed by atoms with van der Waals surface area (Å²) in [6, 6.07) is 3.66. The molecule has 1 aromatic heterocycles. The smallest absolute Gasteiger partial charge is 0.137 e. The van der Waals surface area contributed by atoms with Crippen LogP contribution in [-0.4, -0.2) is 5.11 Å². The minimum Gasteiger partial charge on any atom is -0.383 e. The van der Waals surface area contributed by atoms with E-state index < -0.39 is 17.7 Å². The number of aliphatic hydroxyl groups excluding tert-OH is 1. The van der Waals surface area contributed by atoms with Crippen LogP contribution in [0.3, 0.4) is 0 Å². The van der Waals surface area contributed by atoms with Gasteiger partial charge >= 0.3 is 0 Å². The normalized spacial score (nSPS) is 12.8. The molecule has 1 N–H and O–H groups in total. The van der Waals surface area contributed by atoms with E-state index in [9.17, 15) is 13.9 Å². The number of thiophene rings is 1. The Bertz CT molecular complexity index is 581. The van der Waals surface area contributed by atoms with Crippen LogP contribution in [0.1, 0.15) is 16.5 Å². The Morgan fingerprint density at radius 3 is 2.22 bits per heavy atom. The second-order valence-corrected chi connectivity index (χ2v) is 7.57. The fourth-order valence-corrected chi connectivity index (χ4v) is 3.81. The molecule has 1 aromatic carbocycles. The third-order valence-electron chi connectivity index (χ3n) is 2.27. The summed E-state index contributed by atoms with van der Waals surface area (Å²) in [5.41, 5.74) is -0.0862. The molecular weight excluding hydrogens is 458 g/mol. The summed E-state index contributed by atoms with van der Waals surface area (Å²) >= 11 is 10.7. The van der Waals surface area contributed by atoms with Crippen LogP contribution in [-0.2, 0) is 0 Å². The van der Waals surface area contributed by atoms with Gasteiger partial charge in [-0.25, -0.2) is 8.78 Å². The van der Waals surface area contributed by atoms with E-state index in [1.54, 1.807) is 6.07 Å². The fourth-order valence-electron chi connectivity index (χ4n) is 1.40. The molecule has 1 unspecified atom stereocenters. The molecule has 0 bridgehead atoms. The van der Waals surface area contributed by atoms with Gasteiger partial charge in [0.25, 0.3) is 0 Å². The topological polar surface area (TPSA) is 20.2 Å². The Kier molecular flexibility index (Phi) is 4.59. The van der Waals surface area contributed by atoms with Gasteiger partial charge in [0.15, 0.2) is 0 Å². The molecule has 2 aromatic rings. The van der Waals surface area contributed by atoms with Gasteiger partial charge in [0.2, 0.25) is 0 Å². The Hall–Kier alpha value is 0.180. The SMILES string of the molecule is OC(c1cc(Br)c(Br)s1)c1cc(F)c(Br)cc1F. The van der Waals surface area contributed by atoms with Crippen LogP contribution < -0.4 is 0 Å². The summed E-state index contributed by atoms with van der Waals surface area (Å²) in [6.07, 6.45) is -1.19. The lowest BCUT2D eigenvalue weighted by Gasteiger charge is -2.10. The Morgan fingerprint density at radius 2 is 1.67 bits per heavy atom. The number of hydrogen-bond donors (Lipinski definition) is 1. The zero-order valence-corrected chi connectivity index (χ0v) is 14.1. The van der Waals surface area contributed by atoms with E-state index in [0.717, 1.165) is 20.4 Å². The molecule has 1 nitrogen and oxygen atoms in total. The first-order chi connectivity index (χ1) is 8.40. The third kappa shape index (κ3) is 2.85. The average molecular weight is 463 g/mol. The maximum atomic E-state index is 13.7. The van der Waals surface area contributed by atoms with Crippen molar-refractivity contribution in [2.24, 2.45) is 0 Å². The molecule has 7 heteroatoms. The van der Waals surface area contributed by atoms with Crippen molar-refractivity contribution in [1.82, 2.24) is 0 Å². The van der Waals surface area contributed by atoms with E-state index >= 15 is 0 Å². The lowest BCUT2D eigenvalue weighted by atomic mass is 10.1. The summed E-state index contributed by atoms with van der Waals surface area (Å²) in [5.74, 6) is -1.27. The molecule has 1 atom stereocenters. The van der Waals surface area contributed by atoms with Crippen LogP contribution in [0.5, 0.6) is 0 Å². The van der Waals surface area contributed by atoms with Gasteiger partial charge in [-0.2, -0.15) is 0 Å². The van der Waals surface area contributed by atoms with Crippen LogP contribution in [0.15, 0.2) is 30.9 Å². The highest BCUT2D eigenvalue weighted by atomic mass is 79.9. The number of hydrogen-bond acceptors (Lipinski definition) is 2. The van der Waals surface area contributed by atoms with Crippen molar-refractivity contribution in [3.05, 3.63) is 53.0 Å². The largest absolute Gasteiger partial charge is 0.383 e. The summed E-state index contributed by atoms with van der Waals surface area (Å²) < 4.78 is 28.7. The minimum absolute atomic E-state index is 0.0319. The van der Waals surface area contributed by atoms with E-state index in [1.165, 1.54) is 11.3 Å². The van der Waals surface area contributed by atoms with Crippen LogP contribution in [0, 0.1) is 11.6 Å². The molecule has 0 aliphatic rings. The summed E-state index contributed by atoms with van der Waals surface area (Å²) in [6.45, 7) is 0. The quantitative estimate of drug-likeness (QED) is 0.593. The van der Waals surface area contributed by atoms with Crippen molar-refractivity contribution in [1.29, 1.82) is 0 Å². The molecule has 0 spiro atoms. The monoisotopic (exact) mass is 460 g/mol. The van der Waals surface area contributed by atoms with Crippen molar-refractivity contribution in [3.63, 3.8) is 0 Å². The van der Waals surface area contributed by atoms with Crippen LogP contribution >= 0.6 is 59.1 Å². The number of aliphatic hydroxyl groups is 1. The molecule has 0 amide bonds. The number of benzene rings is 1. The van der Waals surface area contributed by atoms with Crippen molar-refractivity contribution in [3.8, 4) is 0 Å². The van der Waals surface area contributed by atoms with Crippen molar-refractivity contribution in [2.75, 3.05) is 0 Å². The molecule has 96 valence electrons. The molecule has 0 aliphatic carbocycles. The first-order valence-corrected chi connectivity index (χ1v) is 7.87. The molecule has 1 heterocycles. The van der Waals surface area contributed by atoms with E-state index in [4.69, 9.17) is 0 Å². The Balaban J connectivity index is 2.45. The molecule has 18 heavy (non-hydrogen) atoms. The van der Waals surface area contributed by atoms with Gasteiger partial charge in [0.05, 0.1) is 8.26 Å². The first-order valence-electron chi connectivity index (χ1n) is 4.67. The standard InChI is InChI=1S/C11H5Br3F2OS/c12-5-2-7(15)4(1-8(5)16)10(17)9-3-6(13)11(14)18-9/h1-3,10,17H. The highest BCUT2D eigenvalue weighted by Crippen LogP contribution is 2.38. The van der Waals surface area contributed by atoms with Gasteiger partial charge in [-0.3, -0.25) is 0 Å². The molecule has 0 fully saturated rings. The summed E-state index contributed by atoms with van der Waals surface area (Å²) in [5, 5.41) is 10.1. The summed E-state index contributed by atoms with van der Waals surface area (Å²) in [7, 11) is 0. The molecule has 2 rings (SSSR count). The number of halogens is 5. The van der Waals surface area contributed by atoms with Gasteiger partial charge in [-0.05, 0) is 66.0 Å². The average Bonchev–Trinajstić information content (AvgIpc) is 2.63. The van der Waals surface area contributed by atoms with Gasteiger partial charge in [-0.1, -0.05) is 0 Å². The zero-order chi connectivity index (χ0) is 13.4. The molecule has 0 aliphatic heterocycles. The number of rotatable bonds is 2. The molecule has 0 saturated heterocycles. The Labute approximate surface area is 131 Å². The minimum atomic E-state index is -1.19. The van der Waals surface area contributed by atoms with Gasteiger partial charge in [0, 0.05) is 14.9 Å². The van der Waals surface area contributed by atoms with Crippen LogP contribution in [0.25, 0.3) is 0 Å². The van der Waals surface area contributed by atoms with E-state index in [2.05, 4.69) is 47.8 Å². The van der Waals surface area contributed by atoms with Crippen LogP contribution in [0.4, 0.5) is 8.78 Å². The van der Waals surface area contributed by atoms with Crippen molar-refractivity contribution in [2.45, 2.75) is 6.10 Å². The van der Waals surface area contributed by atoms with Gasteiger partial charge in [-0.15, -0.1) is 11.3 Å².